The number of rotatable bonds is 1. The fourth-order valence-electron chi connectivity index (χ4n) is 0.838. The Hall–Kier alpha value is 0.697. The molecule has 0 radical (unpaired) electrons. The molecule has 10 heavy (non-hydrogen) atoms. The van der Waals surface area contributed by atoms with Crippen LogP contribution in [-0.2, 0) is 0 Å². The molecule has 0 heterocycles. The number of hydrogen-bond donors (Lipinski definition) is 0. The van der Waals surface area contributed by atoms with Crippen molar-refractivity contribution < 1.29 is 37.7 Å². The van der Waals surface area contributed by atoms with E-state index in [-0.39, 0.29) is 37.7 Å². The number of hydrogen-bond acceptors (Lipinski definition) is 0. The molecule has 1 aromatic rings. The smallest absolute Gasteiger partial charge is 0.0647 e. The largest absolute Gasteiger partial charge is 0.0682 e. The first-order valence-corrected chi connectivity index (χ1v) is 6.24. The maximum atomic E-state index is 2.34. The quantitative estimate of drug-likeness (QED) is 0.567. The molecule has 0 spiro atoms. The van der Waals surface area contributed by atoms with E-state index >= 15 is 0 Å². The minimum Gasteiger partial charge on any atom is -0.0682 e. The minimum absolute atomic E-state index is 0. The Labute approximate surface area is 94.3 Å². The zero-order chi connectivity index (χ0) is 6.69. The SMILES string of the molecule is C[SiH](C)c1ccccc1.[Ar]. The fourth-order valence-corrected chi connectivity index (χ4v) is 1.83. The van der Waals surface area contributed by atoms with Crippen molar-refractivity contribution >= 4 is 14.0 Å². The Morgan fingerprint density at radius 3 is 1.80 bits per heavy atom. The predicted octanol–water partition coefficient (Wildman–Crippen LogP) is 1.38. The molecule has 1 rings (SSSR count). The van der Waals surface area contributed by atoms with E-state index in [0.717, 1.165) is 0 Å². The molecule has 0 aliphatic rings. The van der Waals surface area contributed by atoms with Crippen LogP contribution in [0, 0.1) is 37.7 Å². The van der Waals surface area contributed by atoms with E-state index < -0.39 is 8.80 Å². The van der Waals surface area contributed by atoms with Gasteiger partial charge in [0.25, 0.3) is 0 Å². The van der Waals surface area contributed by atoms with Crippen molar-refractivity contribution in [2.75, 3.05) is 0 Å². The molecule has 2 heteroatoms. The predicted molar refractivity (Wildman–Crippen MR) is 45.0 cm³/mol. The summed E-state index contributed by atoms with van der Waals surface area (Å²) in [6.45, 7) is 4.69. The maximum absolute atomic E-state index is 2.34. The Balaban J connectivity index is 0.000000810. The minimum atomic E-state index is -0.529. The van der Waals surface area contributed by atoms with Gasteiger partial charge in [0.2, 0.25) is 0 Å². The van der Waals surface area contributed by atoms with E-state index in [0.29, 0.717) is 0 Å². The van der Waals surface area contributed by atoms with Gasteiger partial charge in [0.1, 0.15) is 0 Å². The third-order valence-corrected chi connectivity index (χ3v) is 3.18. The molecule has 0 atom stereocenters. The Morgan fingerprint density at radius 1 is 1.00 bits per heavy atom. The second kappa shape index (κ2) is 5.36. The van der Waals surface area contributed by atoms with Crippen molar-refractivity contribution in [3.8, 4) is 0 Å². The van der Waals surface area contributed by atoms with E-state index in [1.807, 2.05) is 0 Å². The van der Waals surface area contributed by atoms with Crippen molar-refractivity contribution in [1.82, 2.24) is 0 Å². The topological polar surface area (TPSA) is 0 Å². The van der Waals surface area contributed by atoms with Crippen molar-refractivity contribution in [1.29, 1.82) is 0 Å². The molecule has 0 aliphatic heterocycles. The Morgan fingerprint density at radius 2 is 1.50 bits per heavy atom. The van der Waals surface area contributed by atoms with Crippen LogP contribution in [-0.4, -0.2) is 8.80 Å². The molecule has 0 amide bonds. The van der Waals surface area contributed by atoms with Crippen LogP contribution in [0.15, 0.2) is 30.3 Å². The van der Waals surface area contributed by atoms with E-state index in [2.05, 4.69) is 43.4 Å². The van der Waals surface area contributed by atoms with E-state index in [1.54, 1.807) is 5.19 Å². The summed E-state index contributed by atoms with van der Waals surface area (Å²) in [4.78, 5) is 0. The van der Waals surface area contributed by atoms with E-state index in [4.69, 9.17) is 0 Å². The second-order valence-corrected chi connectivity index (χ2v) is 5.54. The van der Waals surface area contributed by atoms with Crippen LogP contribution < -0.4 is 5.19 Å². The van der Waals surface area contributed by atoms with Gasteiger partial charge in [0.05, 0.1) is 8.80 Å². The van der Waals surface area contributed by atoms with Crippen LogP contribution in [0.1, 0.15) is 0 Å². The monoisotopic (exact) mass is 176 g/mol. The van der Waals surface area contributed by atoms with Crippen LogP contribution in [0.5, 0.6) is 0 Å². The molecule has 1 aromatic carbocycles. The third kappa shape index (κ3) is 3.20. The van der Waals surface area contributed by atoms with Gasteiger partial charge in [-0.2, -0.15) is 0 Å². The molecule has 0 saturated heterocycles. The maximum Gasteiger partial charge on any atom is 0.0647 e. The molecule has 0 nitrogen and oxygen atoms in total. The normalized spacial score (nSPS) is 9.10. The summed E-state index contributed by atoms with van der Waals surface area (Å²) in [6.07, 6.45) is 0. The molecule has 0 unspecified atom stereocenters. The van der Waals surface area contributed by atoms with Gasteiger partial charge in [-0.3, -0.25) is 0 Å². The van der Waals surface area contributed by atoms with Crippen molar-refractivity contribution in [2.24, 2.45) is 0 Å². The molecule has 0 aliphatic carbocycles. The standard InChI is InChI=1S/C8H12Si.Ar/c1-9(2)8-6-4-3-5-7-8;/h3-7,9H,1-2H3;. The average molecular weight is 176 g/mol. The van der Waals surface area contributed by atoms with Crippen LogP contribution in [0.3, 0.4) is 0 Å². The van der Waals surface area contributed by atoms with Gasteiger partial charge in [-0.25, -0.2) is 0 Å². The van der Waals surface area contributed by atoms with Crippen LogP contribution >= 0.6 is 0 Å². The van der Waals surface area contributed by atoms with Gasteiger partial charge in [0, 0.05) is 37.7 Å². The van der Waals surface area contributed by atoms with Gasteiger partial charge >= 0.3 is 0 Å². The molecule has 0 N–H and O–H groups in total. The fraction of sp³-hybridized carbons (Fsp3) is 0.250. The molecular weight excluding hydrogens is 164 g/mol. The first kappa shape index (κ1) is 10.7. The first-order valence-electron chi connectivity index (χ1n) is 3.35. The third-order valence-electron chi connectivity index (χ3n) is 1.47. The summed E-state index contributed by atoms with van der Waals surface area (Å²) in [5.74, 6) is 0. The summed E-state index contributed by atoms with van der Waals surface area (Å²) in [5.41, 5.74) is 0. The Kier molecular flexibility index (Phi) is 5.73. The van der Waals surface area contributed by atoms with Gasteiger partial charge in [0.15, 0.2) is 0 Å². The number of benzene rings is 1. The molecule has 0 bridgehead atoms. The van der Waals surface area contributed by atoms with Gasteiger partial charge in [-0.1, -0.05) is 48.6 Å². The van der Waals surface area contributed by atoms with Crippen LogP contribution in [0.25, 0.3) is 0 Å². The van der Waals surface area contributed by atoms with Crippen molar-refractivity contribution in [3.63, 3.8) is 0 Å². The summed E-state index contributed by atoms with van der Waals surface area (Å²) in [7, 11) is -0.529. The molecule has 0 aromatic heterocycles. The van der Waals surface area contributed by atoms with Crippen molar-refractivity contribution in [2.45, 2.75) is 13.1 Å². The summed E-state index contributed by atoms with van der Waals surface area (Å²) in [6, 6.07) is 10.7. The van der Waals surface area contributed by atoms with Crippen LogP contribution in [0.2, 0.25) is 13.1 Å². The molecule has 0 fully saturated rings. The molecule has 0 saturated carbocycles. The zero-order valence-corrected chi connectivity index (χ0v) is 8.18. The van der Waals surface area contributed by atoms with E-state index in [9.17, 15) is 0 Å². The van der Waals surface area contributed by atoms with E-state index in [1.165, 1.54) is 0 Å². The first-order chi connectivity index (χ1) is 4.30. The summed E-state index contributed by atoms with van der Waals surface area (Å²) >= 11 is 0. The second-order valence-electron chi connectivity index (χ2n) is 2.57. The van der Waals surface area contributed by atoms with Gasteiger partial charge < -0.3 is 0 Å². The van der Waals surface area contributed by atoms with Gasteiger partial charge in [-0.05, 0) is 0 Å². The average Bonchev–Trinajstić information content (AvgIpc) is 1.90. The summed E-state index contributed by atoms with van der Waals surface area (Å²) < 4.78 is 0. The van der Waals surface area contributed by atoms with Crippen molar-refractivity contribution in [3.05, 3.63) is 30.3 Å². The van der Waals surface area contributed by atoms with Crippen LogP contribution in [0.4, 0.5) is 0 Å². The molecule has 56 valence electrons. The Bertz CT molecular complexity index is 172. The van der Waals surface area contributed by atoms with Gasteiger partial charge in [-0.15, -0.1) is 0 Å². The molecular formula is C8H12ArSi. The summed E-state index contributed by atoms with van der Waals surface area (Å²) in [5, 5.41) is 1.55. The zero-order valence-electron chi connectivity index (χ0n) is 6.32.